The lowest BCUT2D eigenvalue weighted by Gasteiger charge is -2.35. The van der Waals surface area contributed by atoms with Gasteiger partial charge in [0, 0.05) is 24.7 Å². The molecular formula is C25H36N6O2. The van der Waals surface area contributed by atoms with Crippen molar-refractivity contribution in [2.24, 2.45) is 0 Å². The number of hydrogen-bond donors (Lipinski definition) is 0. The van der Waals surface area contributed by atoms with Gasteiger partial charge >= 0.3 is 0 Å². The number of nitrogens with zero attached hydrogens (tertiary/aromatic N) is 6. The lowest BCUT2D eigenvalue weighted by atomic mass is 9.94. The highest BCUT2D eigenvalue weighted by atomic mass is 16.2. The number of rotatable bonds is 7. The lowest BCUT2D eigenvalue weighted by Crippen LogP contribution is -2.50. The molecule has 1 heterocycles. The van der Waals surface area contributed by atoms with Gasteiger partial charge in [0.1, 0.15) is 13.1 Å². The Morgan fingerprint density at radius 2 is 1.61 bits per heavy atom. The van der Waals surface area contributed by atoms with Crippen LogP contribution >= 0.6 is 0 Å². The molecule has 1 aromatic heterocycles. The molecule has 33 heavy (non-hydrogen) atoms. The number of hydrogen-bond acceptors (Lipinski definition) is 5. The number of likely N-dealkylation sites (N-methyl/N-ethyl adjacent to an activating group) is 1. The predicted molar refractivity (Wildman–Crippen MR) is 126 cm³/mol. The van der Waals surface area contributed by atoms with Crippen LogP contribution in [0.3, 0.4) is 0 Å². The Hall–Kier alpha value is -2.77. The first kappa shape index (κ1) is 23.4. The second kappa shape index (κ2) is 10.4. The molecule has 0 N–H and O–H groups in total. The number of amides is 2. The molecule has 2 aromatic rings. The van der Waals surface area contributed by atoms with Crippen molar-refractivity contribution in [1.29, 1.82) is 0 Å². The van der Waals surface area contributed by atoms with E-state index in [1.54, 1.807) is 4.90 Å². The fourth-order valence-corrected chi connectivity index (χ4v) is 5.08. The van der Waals surface area contributed by atoms with Gasteiger partial charge in [-0.1, -0.05) is 44.2 Å². The molecule has 2 aliphatic carbocycles. The number of benzene rings is 1. The number of aromatic nitrogens is 4. The number of carbonyl (C=O) groups is 2. The monoisotopic (exact) mass is 452 g/mol. The van der Waals surface area contributed by atoms with Crippen LogP contribution < -0.4 is 0 Å². The molecule has 2 aliphatic rings. The molecule has 0 unspecified atom stereocenters. The zero-order valence-electron chi connectivity index (χ0n) is 20.2. The Balaban J connectivity index is 1.46. The van der Waals surface area contributed by atoms with Crippen LogP contribution in [0.2, 0.25) is 0 Å². The van der Waals surface area contributed by atoms with E-state index in [0.717, 1.165) is 49.7 Å². The summed E-state index contributed by atoms with van der Waals surface area (Å²) in [5, 5.41) is 12.7. The third-order valence-electron chi connectivity index (χ3n) is 7.40. The minimum absolute atomic E-state index is 0.00519. The van der Waals surface area contributed by atoms with E-state index in [4.69, 9.17) is 0 Å². The van der Waals surface area contributed by atoms with Crippen molar-refractivity contribution >= 4 is 11.8 Å². The van der Waals surface area contributed by atoms with E-state index in [9.17, 15) is 9.59 Å². The molecule has 0 spiro atoms. The van der Waals surface area contributed by atoms with Gasteiger partial charge < -0.3 is 9.80 Å². The zero-order valence-corrected chi connectivity index (χ0v) is 20.2. The van der Waals surface area contributed by atoms with Crippen LogP contribution in [0.25, 0.3) is 11.4 Å². The molecule has 2 fully saturated rings. The highest BCUT2D eigenvalue weighted by Crippen LogP contribution is 2.25. The molecule has 0 atom stereocenters. The molecule has 0 bridgehead atoms. The summed E-state index contributed by atoms with van der Waals surface area (Å²) < 4.78 is 0. The van der Waals surface area contributed by atoms with Crippen molar-refractivity contribution in [3.8, 4) is 11.4 Å². The topological polar surface area (TPSA) is 84.2 Å². The van der Waals surface area contributed by atoms with Crippen molar-refractivity contribution in [2.75, 3.05) is 13.6 Å². The zero-order chi connectivity index (χ0) is 23.4. The molecule has 2 saturated carbocycles. The molecule has 0 radical (unpaired) electrons. The van der Waals surface area contributed by atoms with Crippen molar-refractivity contribution < 1.29 is 9.59 Å². The van der Waals surface area contributed by atoms with Gasteiger partial charge in [-0.25, -0.2) is 0 Å². The van der Waals surface area contributed by atoms with E-state index in [2.05, 4.69) is 29.3 Å². The molecule has 8 nitrogen and oxygen atoms in total. The Bertz CT molecular complexity index is 975. The summed E-state index contributed by atoms with van der Waals surface area (Å²) in [6.07, 6.45) is 9.75. The highest BCUT2D eigenvalue weighted by molar-refractivity contribution is 5.85. The Kier molecular flexibility index (Phi) is 7.40. The minimum Gasteiger partial charge on any atom is -0.341 e. The van der Waals surface area contributed by atoms with E-state index in [1.165, 1.54) is 29.6 Å². The molecule has 1 aromatic carbocycles. The van der Waals surface area contributed by atoms with Crippen LogP contribution in [0.1, 0.15) is 68.9 Å². The molecule has 4 rings (SSSR count). The van der Waals surface area contributed by atoms with Gasteiger partial charge in [0.2, 0.25) is 17.6 Å². The van der Waals surface area contributed by atoms with Crippen molar-refractivity contribution in [3.63, 3.8) is 0 Å². The van der Waals surface area contributed by atoms with Gasteiger partial charge in [-0.05, 0) is 61.9 Å². The second-order valence-electron chi connectivity index (χ2n) is 9.70. The van der Waals surface area contributed by atoms with Gasteiger partial charge in [-0.15, -0.1) is 10.2 Å². The first-order valence-corrected chi connectivity index (χ1v) is 12.3. The van der Waals surface area contributed by atoms with Crippen molar-refractivity contribution in [1.82, 2.24) is 30.0 Å². The van der Waals surface area contributed by atoms with E-state index >= 15 is 0 Å². The summed E-state index contributed by atoms with van der Waals surface area (Å²) in [4.78, 5) is 31.4. The van der Waals surface area contributed by atoms with Gasteiger partial charge in [-0.3, -0.25) is 9.59 Å². The van der Waals surface area contributed by atoms with Crippen LogP contribution in [0.4, 0.5) is 0 Å². The summed E-state index contributed by atoms with van der Waals surface area (Å²) in [6.45, 7) is 4.24. The lowest BCUT2D eigenvalue weighted by molar-refractivity contribution is -0.144. The first-order chi connectivity index (χ1) is 15.9. The standard InChI is InChI=1S/C25H36N6O2/c1-18-13-14-20(15-19(18)2)25-26-28-31(27-25)17-24(33)30(22-11-5-4-6-12-22)16-23(32)29(3)21-9-7-8-10-21/h13-15,21-22H,4-12,16-17H2,1-3H3. The van der Waals surface area contributed by atoms with E-state index in [-0.39, 0.29) is 30.9 Å². The van der Waals surface area contributed by atoms with Crippen LogP contribution in [0, 0.1) is 13.8 Å². The molecular weight excluding hydrogens is 416 g/mol. The predicted octanol–water partition coefficient (Wildman–Crippen LogP) is 3.52. The van der Waals surface area contributed by atoms with E-state index in [0.29, 0.717) is 11.9 Å². The Labute approximate surface area is 196 Å². The summed E-state index contributed by atoms with van der Waals surface area (Å²) in [7, 11) is 1.89. The van der Waals surface area contributed by atoms with E-state index in [1.807, 2.05) is 30.1 Å². The van der Waals surface area contributed by atoms with Crippen molar-refractivity contribution in [2.45, 2.75) is 90.3 Å². The van der Waals surface area contributed by atoms with Crippen LogP contribution in [-0.4, -0.2) is 67.5 Å². The van der Waals surface area contributed by atoms with Gasteiger partial charge in [0.25, 0.3) is 0 Å². The molecule has 0 saturated heterocycles. The van der Waals surface area contributed by atoms with Gasteiger partial charge in [0.05, 0.1) is 0 Å². The number of tetrazole rings is 1. The summed E-state index contributed by atoms with van der Waals surface area (Å²) in [5.74, 6) is 0.425. The third kappa shape index (κ3) is 5.60. The number of aryl methyl sites for hydroxylation is 2. The van der Waals surface area contributed by atoms with Crippen LogP contribution in [-0.2, 0) is 16.1 Å². The highest BCUT2D eigenvalue weighted by Gasteiger charge is 2.31. The fraction of sp³-hybridized carbons (Fsp3) is 0.640. The maximum Gasteiger partial charge on any atom is 0.246 e. The first-order valence-electron chi connectivity index (χ1n) is 12.3. The maximum absolute atomic E-state index is 13.4. The average Bonchev–Trinajstić information content (AvgIpc) is 3.52. The largest absolute Gasteiger partial charge is 0.341 e. The Morgan fingerprint density at radius 3 is 2.30 bits per heavy atom. The van der Waals surface area contributed by atoms with E-state index < -0.39 is 0 Å². The number of carbonyl (C=O) groups excluding carboxylic acids is 2. The van der Waals surface area contributed by atoms with Gasteiger partial charge in [-0.2, -0.15) is 4.80 Å². The summed E-state index contributed by atoms with van der Waals surface area (Å²) >= 11 is 0. The molecule has 0 aliphatic heterocycles. The normalized spacial score (nSPS) is 17.3. The SMILES string of the molecule is Cc1ccc(-c2nnn(CC(=O)N(CC(=O)N(C)C3CCCC3)C3CCCCC3)n2)cc1C. The fourth-order valence-electron chi connectivity index (χ4n) is 5.08. The molecule has 8 heteroatoms. The minimum atomic E-state index is -0.112. The average molecular weight is 453 g/mol. The Morgan fingerprint density at radius 1 is 0.939 bits per heavy atom. The molecule has 178 valence electrons. The van der Waals surface area contributed by atoms with Crippen molar-refractivity contribution in [3.05, 3.63) is 29.3 Å². The van der Waals surface area contributed by atoms with Gasteiger partial charge in [0.15, 0.2) is 0 Å². The molecule has 2 amide bonds. The quantitative estimate of drug-likeness (QED) is 0.642. The van der Waals surface area contributed by atoms with Crippen LogP contribution in [0.5, 0.6) is 0 Å². The summed E-state index contributed by atoms with van der Waals surface area (Å²) in [6, 6.07) is 6.45. The van der Waals surface area contributed by atoms with Crippen LogP contribution in [0.15, 0.2) is 18.2 Å². The third-order valence-corrected chi connectivity index (χ3v) is 7.40. The summed E-state index contributed by atoms with van der Waals surface area (Å²) in [5.41, 5.74) is 3.25. The smallest absolute Gasteiger partial charge is 0.246 e. The maximum atomic E-state index is 13.4. The second-order valence-corrected chi connectivity index (χ2v) is 9.70.